The van der Waals surface area contributed by atoms with Crippen molar-refractivity contribution in [3.63, 3.8) is 0 Å². The molecule has 1 amide bonds. The maximum atomic E-state index is 12.4. The van der Waals surface area contributed by atoms with E-state index in [1.165, 1.54) is 6.08 Å². The number of ether oxygens (including phenoxy) is 2. The van der Waals surface area contributed by atoms with Gasteiger partial charge in [-0.25, -0.2) is 4.79 Å². The van der Waals surface area contributed by atoms with Crippen LogP contribution in [0.25, 0.3) is 6.08 Å². The van der Waals surface area contributed by atoms with E-state index in [2.05, 4.69) is 21.2 Å². The number of hydrogen-bond acceptors (Lipinski definition) is 5. The number of rotatable bonds is 7. The smallest absolute Gasteiger partial charge is 0.344 e. The SMILES string of the molecule is CCOC(=O)COc1ccc(/C=C(/C#N)C(=O)Nc2ccccc2C)cc1Br. The molecule has 0 aliphatic heterocycles. The number of carbonyl (C=O) groups is 2. The Hall–Kier alpha value is -3.11. The van der Waals surface area contributed by atoms with Gasteiger partial charge in [-0.05, 0) is 65.2 Å². The Morgan fingerprint density at radius 3 is 2.64 bits per heavy atom. The lowest BCUT2D eigenvalue weighted by Crippen LogP contribution is -2.14. The van der Waals surface area contributed by atoms with E-state index in [-0.39, 0.29) is 18.8 Å². The van der Waals surface area contributed by atoms with Crippen LogP contribution >= 0.6 is 15.9 Å². The minimum atomic E-state index is -0.490. The van der Waals surface area contributed by atoms with Crippen molar-refractivity contribution in [1.29, 1.82) is 5.26 Å². The summed E-state index contributed by atoms with van der Waals surface area (Å²) in [5, 5.41) is 12.1. The summed E-state index contributed by atoms with van der Waals surface area (Å²) in [4.78, 5) is 23.8. The maximum absolute atomic E-state index is 12.4. The van der Waals surface area contributed by atoms with Crippen molar-refractivity contribution < 1.29 is 19.1 Å². The van der Waals surface area contributed by atoms with Gasteiger partial charge in [0.25, 0.3) is 5.91 Å². The van der Waals surface area contributed by atoms with Crippen LogP contribution in [0, 0.1) is 18.3 Å². The molecule has 28 heavy (non-hydrogen) atoms. The molecule has 0 radical (unpaired) electrons. The number of halogens is 1. The minimum absolute atomic E-state index is 0.0321. The summed E-state index contributed by atoms with van der Waals surface area (Å²) in [6.07, 6.45) is 1.48. The number of aryl methyl sites for hydroxylation is 1. The van der Waals surface area contributed by atoms with Gasteiger partial charge in [-0.15, -0.1) is 0 Å². The van der Waals surface area contributed by atoms with Crippen LogP contribution in [0.3, 0.4) is 0 Å². The topological polar surface area (TPSA) is 88.4 Å². The molecule has 0 saturated heterocycles. The summed E-state index contributed by atoms with van der Waals surface area (Å²) in [7, 11) is 0. The third-order valence-corrected chi connectivity index (χ3v) is 4.30. The maximum Gasteiger partial charge on any atom is 0.344 e. The van der Waals surface area contributed by atoms with E-state index in [1.807, 2.05) is 31.2 Å². The highest BCUT2D eigenvalue weighted by Gasteiger charge is 2.12. The van der Waals surface area contributed by atoms with E-state index in [1.54, 1.807) is 31.2 Å². The Balaban J connectivity index is 2.12. The molecule has 1 N–H and O–H groups in total. The second kappa shape index (κ2) is 10.3. The quantitative estimate of drug-likeness (QED) is 0.393. The highest BCUT2D eigenvalue weighted by molar-refractivity contribution is 9.10. The van der Waals surface area contributed by atoms with Crippen molar-refractivity contribution in [3.05, 3.63) is 63.6 Å². The molecule has 7 heteroatoms. The molecule has 2 rings (SSSR count). The van der Waals surface area contributed by atoms with E-state index < -0.39 is 11.9 Å². The van der Waals surface area contributed by atoms with Gasteiger partial charge in [-0.3, -0.25) is 4.79 Å². The van der Waals surface area contributed by atoms with Crippen molar-refractivity contribution in [2.75, 3.05) is 18.5 Å². The number of hydrogen-bond donors (Lipinski definition) is 1. The van der Waals surface area contributed by atoms with Crippen molar-refractivity contribution in [2.45, 2.75) is 13.8 Å². The number of esters is 1. The van der Waals surface area contributed by atoms with Gasteiger partial charge in [0.15, 0.2) is 6.61 Å². The fourth-order valence-electron chi connectivity index (χ4n) is 2.28. The van der Waals surface area contributed by atoms with Gasteiger partial charge in [-0.2, -0.15) is 5.26 Å². The summed E-state index contributed by atoms with van der Waals surface area (Å²) < 4.78 is 10.8. The van der Waals surface area contributed by atoms with E-state index in [0.717, 1.165) is 5.56 Å². The zero-order chi connectivity index (χ0) is 20.5. The van der Waals surface area contributed by atoms with Gasteiger partial charge >= 0.3 is 5.97 Å². The molecule has 0 heterocycles. The monoisotopic (exact) mass is 442 g/mol. The van der Waals surface area contributed by atoms with Crippen molar-refractivity contribution in [3.8, 4) is 11.8 Å². The Labute approximate surface area is 171 Å². The standard InChI is InChI=1S/C21H19BrN2O4/c1-3-27-20(25)13-28-19-9-8-15(11-17(19)22)10-16(12-23)21(26)24-18-7-5-4-6-14(18)2/h4-11H,3,13H2,1-2H3,(H,24,26)/b16-10-. The van der Waals surface area contributed by atoms with E-state index in [9.17, 15) is 14.9 Å². The van der Waals surface area contributed by atoms with Crippen LogP contribution in [-0.4, -0.2) is 25.1 Å². The molecular formula is C21H19BrN2O4. The summed E-state index contributed by atoms with van der Waals surface area (Å²) in [6, 6.07) is 14.3. The predicted octanol–water partition coefficient (Wildman–Crippen LogP) is 4.25. The highest BCUT2D eigenvalue weighted by atomic mass is 79.9. The van der Waals surface area contributed by atoms with Crippen LogP contribution in [0.5, 0.6) is 5.75 Å². The number of amides is 1. The zero-order valence-corrected chi connectivity index (χ0v) is 17.1. The molecule has 0 aliphatic rings. The van der Waals surface area contributed by atoms with Crippen LogP contribution in [0.2, 0.25) is 0 Å². The fraction of sp³-hybridized carbons (Fsp3) is 0.190. The molecule has 0 atom stereocenters. The molecule has 6 nitrogen and oxygen atoms in total. The third-order valence-electron chi connectivity index (χ3n) is 3.68. The lowest BCUT2D eigenvalue weighted by molar-refractivity contribution is -0.145. The molecule has 0 spiro atoms. The van der Waals surface area contributed by atoms with Crippen LogP contribution in [-0.2, 0) is 14.3 Å². The van der Waals surface area contributed by atoms with Gasteiger partial charge in [0.2, 0.25) is 0 Å². The van der Waals surface area contributed by atoms with Gasteiger partial charge in [-0.1, -0.05) is 24.3 Å². The molecule has 0 bridgehead atoms. The van der Waals surface area contributed by atoms with Crippen LogP contribution in [0.15, 0.2) is 52.5 Å². The second-order valence-corrected chi connectivity index (χ2v) is 6.58. The summed E-state index contributed by atoms with van der Waals surface area (Å²) in [5.74, 6) is -0.498. The summed E-state index contributed by atoms with van der Waals surface area (Å²) >= 11 is 3.36. The largest absolute Gasteiger partial charge is 0.481 e. The number of carbonyl (C=O) groups excluding carboxylic acids is 2. The summed E-state index contributed by atoms with van der Waals surface area (Å²) in [6.45, 7) is 3.67. The first kappa shape index (κ1) is 21.2. The minimum Gasteiger partial charge on any atom is -0.481 e. The number of anilines is 1. The molecule has 2 aromatic carbocycles. The Morgan fingerprint density at radius 2 is 2.00 bits per heavy atom. The van der Waals surface area contributed by atoms with Gasteiger partial charge in [0.1, 0.15) is 17.4 Å². The number of nitrogens with zero attached hydrogens (tertiary/aromatic N) is 1. The Bertz CT molecular complexity index is 948. The van der Waals surface area contributed by atoms with Gasteiger partial charge < -0.3 is 14.8 Å². The molecule has 0 aromatic heterocycles. The van der Waals surface area contributed by atoms with Crippen LogP contribution < -0.4 is 10.1 Å². The second-order valence-electron chi connectivity index (χ2n) is 5.72. The molecule has 2 aromatic rings. The first-order valence-electron chi connectivity index (χ1n) is 8.51. The average molecular weight is 443 g/mol. The number of nitriles is 1. The van der Waals surface area contributed by atoms with Crippen LogP contribution in [0.1, 0.15) is 18.1 Å². The molecule has 144 valence electrons. The molecule has 0 saturated carbocycles. The van der Waals surface area contributed by atoms with Crippen molar-refractivity contribution in [2.24, 2.45) is 0 Å². The van der Waals surface area contributed by atoms with Crippen molar-refractivity contribution in [1.82, 2.24) is 0 Å². The number of para-hydroxylation sites is 1. The van der Waals surface area contributed by atoms with Crippen LogP contribution in [0.4, 0.5) is 5.69 Å². The van der Waals surface area contributed by atoms with Crippen molar-refractivity contribution >= 4 is 39.6 Å². The first-order valence-corrected chi connectivity index (χ1v) is 9.30. The lowest BCUT2D eigenvalue weighted by Gasteiger charge is -2.09. The number of benzene rings is 2. The molecule has 0 aliphatic carbocycles. The van der Waals surface area contributed by atoms with Gasteiger partial charge in [0, 0.05) is 5.69 Å². The van der Waals surface area contributed by atoms with E-state index in [0.29, 0.717) is 21.5 Å². The third kappa shape index (κ3) is 5.96. The first-order chi connectivity index (χ1) is 13.4. The Morgan fingerprint density at radius 1 is 1.25 bits per heavy atom. The predicted molar refractivity (Wildman–Crippen MR) is 110 cm³/mol. The zero-order valence-electron chi connectivity index (χ0n) is 15.5. The number of nitrogens with one attached hydrogen (secondary N) is 1. The normalized spacial score (nSPS) is 10.7. The molecule has 0 unspecified atom stereocenters. The fourth-order valence-corrected chi connectivity index (χ4v) is 2.79. The van der Waals surface area contributed by atoms with E-state index in [4.69, 9.17) is 9.47 Å². The summed E-state index contributed by atoms with van der Waals surface area (Å²) in [5.41, 5.74) is 2.15. The average Bonchev–Trinajstić information content (AvgIpc) is 2.67. The highest BCUT2D eigenvalue weighted by Crippen LogP contribution is 2.27. The molecule has 0 fully saturated rings. The Kier molecular flexibility index (Phi) is 7.78. The molecular weight excluding hydrogens is 424 g/mol. The van der Waals surface area contributed by atoms with Gasteiger partial charge in [0.05, 0.1) is 11.1 Å². The van der Waals surface area contributed by atoms with E-state index >= 15 is 0 Å². The lowest BCUT2D eigenvalue weighted by atomic mass is 10.1.